The maximum atomic E-state index is 13.5. The first-order chi connectivity index (χ1) is 16.7. The molecule has 1 amide bonds. The number of benzene rings is 2. The van der Waals surface area contributed by atoms with Crippen molar-refractivity contribution in [2.24, 2.45) is 5.41 Å². The number of hydrogen-bond donors (Lipinski definition) is 0. The first-order valence-electron chi connectivity index (χ1n) is 11.8. The summed E-state index contributed by atoms with van der Waals surface area (Å²) in [5.41, 5.74) is -0.649. The van der Waals surface area contributed by atoms with Crippen LogP contribution in [0.25, 0.3) is 0 Å². The molecule has 7 nitrogen and oxygen atoms in total. The number of piperidine rings is 1. The highest BCUT2D eigenvalue weighted by Crippen LogP contribution is 2.38. The van der Waals surface area contributed by atoms with Gasteiger partial charge in [-0.1, -0.05) is 29.3 Å². The number of carbonyl (C=O) groups is 1. The number of piperazine rings is 1. The molecule has 2 heterocycles. The minimum absolute atomic E-state index is 0.0415. The molecule has 2 aromatic rings. The van der Waals surface area contributed by atoms with Crippen molar-refractivity contribution >= 4 is 39.1 Å². The van der Waals surface area contributed by atoms with Crippen molar-refractivity contribution in [2.45, 2.75) is 24.2 Å². The van der Waals surface area contributed by atoms with Gasteiger partial charge < -0.3 is 14.5 Å². The van der Waals surface area contributed by atoms with Crippen molar-refractivity contribution in [3.05, 3.63) is 58.6 Å². The lowest BCUT2D eigenvalue weighted by molar-refractivity contribution is -0.136. The van der Waals surface area contributed by atoms with E-state index in [-0.39, 0.29) is 30.4 Å². The summed E-state index contributed by atoms with van der Waals surface area (Å²) in [6.45, 7) is 3.83. The molecule has 0 saturated carbocycles. The molecular formula is C25H31Cl2N3O4S. The number of likely N-dealkylation sites (N-methyl/N-ethyl adjacent to an activating group) is 1. The molecule has 2 aliphatic heterocycles. The summed E-state index contributed by atoms with van der Waals surface area (Å²) in [6.07, 6.45) is 1.56. The number of hydrogen-bond acceptors (Lipinski definition) is 5. The molecule has 10 heteroatoms. The fourth-order valence-corrected chi connectivity index (χ4v) is 6.73. The molecule has 2 fully saturated rings. The highest BCUT2D eigenvalue weighted by Gasteiger charge is 2.43. The van der Waals surface area contributed by atoms with Crippen molar-refractivity contribution in [3.63, 3.8) is 0 Å². The second kappa shape index (κ2) is 11.0. The van der Waals surface area contributed by atoms with Gasteiger partial charge in [0.15, 0.2) is 0 Å². The topological polar surface area (TPSA) is 70.2 Å². The lowest BCUT2D eigenvalue weighted by atomic mass is 9.78. The summed E-state index contributed by atoms with van der Waals surface area (Å²) in [7, 11) is -1.72. The summed E-state index contributed by atoms with van der Waals surface area (Å²) in [4.78, 5) is 17.6. The van der Waals surface area contributed by atoms with Crippen LogP contribution in [0.3, 0.4) is 0 Å². The van der Waals surface area contributed by atoms with Gasteiger partial charge in [-0.05, 0) is 62.4 Å². The Morgan fingerprint density at radius 2 is 1.71 bits per heavy atom. The third kappa shape index (κ3) is 6.49. The predicted molar refractivity (Wildman–Crippen MR) is 138 cm³/mol. The smallest absolute Gasteiger partial charge is 0.243 e. The monoisotopic (exact) mass is 539 g/mol. The van der Waals surface area contributed by atoms with Crippen molar-refractivity contribution < 1.29 is 17.9 Å². The minimum Gasteiger partial charge on any atom is -0.493 e. The maximum absolute atomic E-state index is 13.5. The van der Waals surface area contributed by atoms with Crippen molar-refractivity contribution in [1.29, 1.82) is 0 Å². The van der Waals surface area contributed by atoms with Gasteiger partial charge >= 0.3 is 0 Å². The summed E-state index contributed by atoms with van der Waals surface area (Å²) in [6, 6.07) is 13.3. The molecular weight excluding hydrogens is 509 g/mol. The number of nitrogens with zero attached hydrogens (tertiary/aromatic N) is 3. The van der Waals surface area contributed by atoms with Gasteiger partial charge in [0, 0.05) is 61.1 Å². The van der Waals surface area contributed by atoms with Gasteiger partial charge in [0.2, 0.25) is 15.9 Å². The molecule has 2 aromatic carbocycles. The van der Waals surface area contributed by atoms with E-state index in [0.717, 1.165) is 13.1 Å². The van der Waals surface area contributed by atoms with Gasteiger partial charge in [0.1, 0.15) is 5.75 Å². The quantitative estimate of drug-likeness (QED) is 0.531. The van der Waals surface area contributed by atoms with Crippen LogP contribution in [0, 0.1) is 5.41 Å². The SMILES string of the molecule is CN1CCN(C(=O)C[C@]2(COc3ccc(Cl)cc3)CCCN(S(=O)(=O)c3cccc(Cl)c3)C2)CC1. The number of halogens is 2. The molecule has 1 atom stereocenters. The molecule has 2 aliphatic rings. The number of sulfonamides is 1. The summed E-state index contributed by atoms with van der Waals surface area (Å²) >= 11 is 12.1. The van der Waals surface area contributed by atoms with E-state index >= 15 is 0 Å². The predicted octanol–water partition coefficient (Wildman–Crippen LogP) is 4.01. The molecule has 0 unspecified atom stereocenters. The average molecular weight is 541 g/mol. The van der Waals surface area contributed by atoms with Gasteiger partial charge in [-0.2, -0.15) is 4.31 Å². The number of ether oxygens (including phenoxy) is 1. The first kappa shape index (κ1) is 26.2. The Hall–Kier alpha value is -1.84. The zero-order chi connectivity index (χ0) is 25.1. The van der Waals surface area contributed by atoms with Gasteiger partial charge in [-0.15, -0.1) is 0 Å². The fourth-order valence-electron chi connectivity index (χ4n) is 4.71. The van der Waals surface area contributed by atoms with E-state index in [2.05, 4.69) is 4.90 Å². The highest BCUT2D eigenvalue weighted by atomic mass is 35.5. The van der Waals surface area contributed by atoms with Crippen LogP contribution < -0.4 is 4.74 Å². The van der Waals surface area contributed by atoms with Crippen LogP contribution >= 0.6 is 23.2 Å². The molecule has 35 heavy (non-hydrogen) atoms. The Labute approximate surface area is 217 Å². The molecule has 0 aromatic heterocycles. The number of carbonyl (C=O) groups excluding carboxylic acids is 1. The molecule has 0 N–H and O–H groups in total. The zero-order valence-corrected chi connectivity index (χ0v) is 22.2. The van der Waals surface area contributed by atoms with Crippen LogP contribution in [0.4, 0.5) is 0 Å². The number of rotatable bonds is 7. The lowest BCUT2D eigenvalue weighted by Crippen LogP contribution is -2.53. The van der Waals surface area contributed by atoms with E-state index in [1.807, 2.05) is 11.9 Å². The fraction of sp³-hybridized carbons (Fsp3) is 0.480. The van der Waals surface area contributed by atoms with E-state index in [9.17, 15) is 13.2 Å². The third-order valence-electron chi connectivity index (χ3n) is 6.80. The largest absolute Gasteiger partial charge is 0.493 e. The van der Waals surface area contributed by atoms with Crippen LogP contribution in [0.15, 0.2) is 53.4 Å². The van der Waals surface area contributed by atoms with Gasteiger partial charge in [0.05, 0.1) is 11.5 Å². The Bertz CT molecular complexity index is 1140. The second-order valence-electron chi connectivity index (χ2n) is 9.50. The van der Waals surface area contributed by atoms with Crippen molar-refractivity contribution in [2.75, 3.05) is 52.9 Å². The van der Waals surface area contributed by atoms with Crippen LogP contribution in [0.5, 0.6) is 5.75 Å². The maximum Gasteiger partial charge on any atom is 0.243 e. The Kier molecular flexibility index (Phi) is 8.28. The van der Waals surface area contributed by atoms with Crippen molar-refractivity contribution in [1.82, 2.24) is 14.1 Å². The normalized spacial score (nSPS) is 22.2. The molecule has 2 saturated heterocycles. The molecule has 190 valence electrons. The van der Waals surface area contributed by atoms with Crippen LogP contribution in [-0.4, -0.2) is 81.4 Å². The molecule has 0 spiro atoms. The van der Waals surface area contributed by atoms with Gasteiger partial charge in [-0.25, -0.2) is 8.42 Å². The Morgan fingerprint density at radius 1 is 1.00 bits per heavy atom. The summed E-state index contributed by atoms with van der Waals surface area (Å²) < 4.78 is 34.5. The average Bonchev–Trinajstić information content (AvgIpc) is 2.84. The molecule has 0 bridgehead atoms. The lowest BCUT2D eigenvalue weighted by Gasteiger charge is -2.43. The molecule has 4 rings (SSSR count). The standard InChI is InChI=1S/C25H31Cl2N3O4S/c1-28-12-14-29(15-13-28)24(31)17-25(19-34-22-8-6-20(26)7-9-22)10-3-11-30(18-25)35(32,33)23-5-2-4-21(27)16-23/h2,4-9,16H,3,10-15,17-19H2,1H3/t25-/m1/s1. The van der Waals surface area contributed by atoms with Crippen LogP contribution in [0.2, 0.25) is 10.0 Å². The molecule has 0 aliphatic carbocycles. The van der Waals surface area contributed by atoms with E-state index < -0.39 is 15.4 Å². The van der Waals surface area contributed by atoms with Crippen molar-refractivity contribution in [3.8, 4) is 5.75 Å². The van der Waals surface area contributed by atoms with Crippen LogP contribution in [0.1, 0.15) is 19.3 Å². The Morgan fingerprint density at radius 3 is 2.40 bits per heavy atom. The second-order valence-corrected chi connectivity index (χ2v) is 12.3. The van der Waals surface area contributed by atoms with E-state index in [4.69, 9.17) is 27.9 Å². The Balaban J connectivity index is 1.57. The van der Waals surface area contributed by atoms with E-state index in [1.54, 1.807) is 42.5 Å². The molecule has 0 radical (unpaired) electrons. The minimum atomic E-state index is -3.77. The first-order valence-corrected chi connectivity index (χ1v) is 14.0. The third-order valence-corrected chi connectivity index (χ3v) is 9.13. The number of amides is 1. The zero-order valence-electron chi connectivity index (χ0n) is 19.8. The van der Waals surface area contributed by atoms with Gasteiger partial charge in [-0.3, -0.25) is 4.79 Å². The highest BCUT2D eigenvalue weighted by molar-refractivity contribution is 7.89. The summed E-state index contributed by atoms with van der Waals surface area (Å²) in [5.74, 6) is 0.676. The van der Waals surface area contributed by atoms with E-state index in [0.29, 0.717) is 48.3 Å². The summed E-state index contributed by atoms with van der Waals surface area (Å²) in [5, 5.41) is 0.972. The van der Waals surface area contributed by atoms with Crippen LogP contribution in [-0.2, 0) is 14.8 Å². The van der Waals surface area contributed by atoms with E-state index in [1.165, 1.54) is 10.4 Å². The van der Waals surface area contributed by atoms with Gasteiger partial charge in [0.25, 0.3) is 0 Å².